The molecule has 0 radical (unpaired) electrons. The van der Waals surface area contributed by atoms with Gasteiger partial charge >= 0.3 is 0 Å². The lowest BCUT2D eigenvalue weighted by atomic mass is 10.2. The van der Waals surface area contributed by atoms with Crippen molar-refractivity contribution in [3.8, 4) is 0 Å². The average molecular weight is 448 g/mol. The molecule has 3 heterocycles. The number of nitrogens with zero attached hydrogens (tertiary/aromatic N) is 5. The van der Waals surface area contributed by atoms with E-state index in [4.69, 9.17) is 0 Å². The Morgan fingerprint density at radius 2 is 1.72 bits per heavy atom. The largest absolute Gasteiger partial charge is 0.311 e. The maximum atomic E-state index is 13.3. The van der Waals surface area contributed by atoms with E-state index in [0.29, 0.717) is 6.54 Å². The lowest BCUT2D eigenvalue weighted by molar-refractivity contribution is -0.117. The zero-order valence-electron chi connectivity index (χ0n) is 18.5. The molecule has 5 rings (SSSR count). The third-order valence-corrected chi connectivity index (χ3v) is 7.39. The van der Waals surface area contributed by atoms with Gasteiger partial charge in [-0.2, -0.15) is 0 Å². The topological polar surface area (TPSA) is 54.3 Å². The number of fused-ring (bicyclic) bond motifs is 1. The number of hydrogen-bond acceptors (Lipinski definition) is 5. The lowest BCUT2D eigenvalue weighted by Gasteiger charge is -2.21. The Bertz CT molecular complexity index is 1080. The van der Waals surface area contributed by atoms with Gasteiger partial charge in [0.15, 0.2) is 5.16 Å². The highest BCUT2D eigenvalue weighted by molar-refractivity contribution is 8.00. The zero-order chi connectivity index (χ0) is 21.9. The predicted octanol–water partition coefficient (Wildman–Crippen LogP) is 3.99. The molecule has 0 N–H and O–H groups in total. The fraction of sp³-hybridized carbons (Fsp3) is 0.400. The van der Waals surface area contributed by atoms with Crippen LogP contribution in [0.3, 0.4) is 0 Å². The van der Waals surface area contributed by atoms with Gasteiger partial charge in [0.1, 0.15) is 5.82 Å². The van der Waals surface area contributed by atoms with Crippen LogP contribution >= 0.6 is 11.8 Å². The van der Waals surface area contributed by atoms with Crippen molar-refractivity contribution in [2.75, 3.05) is 24.5 Å². The minimum absolute atomic E-state index is 0.135. The first-order valence-electron chi connectivity index (χ1n) is 11.4. The maximum absolute atomic E-state index is 13.3. The number of thioether (sulfide) groups is 1. The summed E-state index contributed by atoms with van der Waals surface area (Å²) in [5.74, 6) is 1.11. The first-order valence-corrected chi connectivity index (χ1v) is 12.3. The summed E-state index contributed by atoms with van der Waals surface area (Å²) in [4.78, 5) is 17.7. The van der Waals surface area contributed by atoms with Crippen LogP contribution in [-0.2, 0) is 24.3 Å². The first-order chi connectivity index (χ1) is 15.7. The molecular formula is C25H29N5OS. The van der Waals surface area contributed by atoms with Gasteiger partial charge in [0.05, 0.1) is 18.3 Å². The second kappa shape index (κ2) is 9.46. The first kappa shape index (κ1) is 21.2. The molecule has 1 atom stereocenters. The minimum Gasteiger partial charge on any atom is -0.311 e. The predicted molar refractivity (Wildman–Crippen MR) is 128 cm³/mol. The Labute approximate surface area is 193 Å². The highest BCUT2D eigenvalue weighted by Crippen LogP contribution is 2.31. The van der Waals surface area contributed by atoms with Gasteiger partial charge in [0.25, 0.3) is 0 Å². The number of rotatable bonds is 7. The molecule has 6 nitrogen and oxygen atoms in total. The fourth-order valence-electron chi connectivity index (χ4n) is 4.58. The second-order valence-electron chi connectivity index (χ2n) is 8.58. The number of carbonyl (C=O) groups is 1. The molecule has 0 spiro atoms. The van der Waals surface area contributed by atoms with Gasteiger partial charge in [-0.15, -0.1) is 10.2 Å². The Hall–Kier alpha value is -2.64. The average Bonchev–Trinajstić information content (AvgIpc) is 3.56. The number of amides is 1. The van der Waals surface area contributed by atoms with Gasteiger partial charge in [0, 0.05) is 12.2 Å². The van der Waals surface area contributed by atoms with Crippen LogP contribution in [0.2, 0.25) is 0 Å². The van der Waals surface area contributed by atoms with Gasteiger partial charge in [0.2, 0.25) is 5.91 Å². The zero-order valence-corrected chi connectivity index (χ0v) is 19.3. The molecule has 2 aliphatic rings. The van der Waals surface area contributed by atoms with Crippen molar-refractivity contribution in [3.63, 3.8) is 0 Å². The molecule has 7 heteroatoms. The highest BCUT2D eigenvalue weighted by atomic mass is 32.2. The summed E-state index contributed by atoms with van der Waals surface area (Å²) < 4.78 is 2.19. The van der Waals surface area contributed by atoms with Crippen LogP contribution in [0.1, 0.15) is 36.7 Å². The van der Waals surface area contributed by atoms with Crippen LogP contribution in [0.4, 0.5) is 5.69 Å². The molecule has 0 aliphatic carbocycles. The lowest BCUT2D eigenvalue weighted by Crippen LogP contribution is -2.35. The standard InChI is InChI=1S/C25H29N5OS/c1-19(24(31)29-16-13-21-11-5-6-12-22(21)29)32-25-27-26-23(18-28-14-7-8-15-28)30(25)17-20-9-3-2-4-10-20/h2-6,9-12,19H,7-8,13-18H2,1H3. The van der Waals surface area contributed by atoms with Crippen molar-refractivity contribution < 1.29 is 4.79 Å². The minimum atomic E-state index is -0.237. The van der Waals surface area contributed by atoms with E-state index in [2.05, 4.69) is 50.0 Å². The summed E-state index contributed by atoms with van der Waals surface area (Å²) in [6.45, 7) is 6.48. The van der Waals surface area contributed by atoms with Crippen molar-refractivity contribution in [2.45, 2.75) is 49.7 Å². The third-order valence-electron chi connectivity index (χ3n) is 6.32. The van der Waals surface area contributed by atoms with E-state index in [1.807, 2.05) is 36.1 Å². The molecule has 1 saturated heterocycles. The van der Waals surface area contributed by atoms with E-state index in [1.54, 1.807) is 0 Å². The van der Waals surface area contributed by atoms with E-state index in [9.17, 15) is 4.79 Å². The Morgan fingerprint density at radius 3 is 2.53 bits per heavy atom. The molecule has 166 valence electrons. The summed E-state index contributed by atoms with van der Waals surface area (Å²) >= 11 is 1.52. The van der Waals surface area contributed by atoms with Gasteiger partial charge in [-0.05, 0) is 56.5 Å². The third kappa shape index (κ3) is 4.45. The van der Waals surface area contributed by atoms with Gasteiger partial charge in [-0.1, -0.05) is 60.3 Å². The quantitative estimate of drug-likeness (QED) is 0.513. The SMILES string of the molecule is CC(Sc1nnc(CN2CCCC2)n1Cc1ccccc1)C(=O)N1CCc2ccccc21. The molecule has 1 unspecified atom stereocenters. The molecule has 2 aromatic carbocycles. The van der Waals surface area contributed by atoms with E-state index in [0.717, 1.165) is 49.3 Å². The molecule has 2 aliphatic heterocycles. The molecule has 3 aromatic rings. The molecule has 1 fully saturated rings. The normalized spacial score (nSPS) is 17.0. The van der Waals surface area contributed by atoms with Gasteiger partial charge in [-0.25, -0.2) is 0 Å². The summed E-state index contributed by atoms with van der Waals surface area (Å²) in [6, 6.07) is 18.6. The van der Waals surface area contributed by atoms with E-state index < -0.39 is 0 Å². The molecule has 32 heavy (non-hydrogen) atoms. The number of likely N-dealkylation sites (tertiary alicyclic amines) is 1. The van der Waals surface area contributed by atoms with Crippen molar-refractivity contribution >= 4 is 23.4 Å². The summed E-state index contributed by atoms with van der Waals surface area (Å²) in [7, 11) is 0. The molecule has 1 aromatic heterocycles. The maximum Gasteiger partial charge on any atom is 0.240 e. The van der Waals surface area contributed by atoms with Crippen LogP contribution in [0.15, 0.2) is 59.8 Å². The van der Waals surface area contributed by atoms with E-state index in [1.165, 1.54) is 35.7 Å². The summed E-state index contributed by atoms with van der Waals surface area (Å²) in [6.07, 6.45) is 3.41. The molecule has 0 bridgehead atoms. The number of hydrogen-bond donors (Lipinski definition) is 0. The van der Waals surface area contributed by atoms with Crippen LogP contribution in [0.5, 0.6) is 0 Å². The monoisotopic (exact) mass is 447 g/mol. The van der Waals surface area contributed by atoms with Gasteiger partial charge < -0.3 is 9.47 Å². The fourth-order valence-corrected chi connectivity index (χ4v) is 5.51. The highest BCUT2D eigenvalue weighted by Gasteiger charge is 2.30. The Balaban J connectivity index is 1.36. The Morgan fingerprint density at radius 1 is 0.969 bits per heavy atom. The number of aromatic nitrogens is 3. The van der Waals surface area contributed by atoms with Crippen LogP contribution < -0.4 is 4.90 Å². The Kier molecular flexibility index (Phi) is 6.28. The van der Waals surface area contributed by atoms with Crippen molar-refractivity contribution in [1.29, 1.82) is 0 Å². The van der Waals surface area contributed by atoms with E-state index >= 15 is 0 Å². The molecular weight excluding hydrogens is 418 g/mol. The van der Waals surface area contributed by atoms with Gasteiger partial charge in [-0.3, -0.25) is 9.69 Å². The number of anilines is 1. The van der Waals surface area contributed by atoms with Crippen molar-refractivity contribution in [1.82, 2.24) is 19.7 Å². The molecule has 1 amide bonds. The number of benzene rings is 2. The van der Waals surface area contributed by atoms with Crippen LogP contribution in [0, 0.1) is 0 Å². The smallest absolute Gasteiger partial charge is 0.240 e. The number of para-hydroxylation sites is 1. The van der Waals surface area contributed by atoms with Crippen LogP contribution in [-0.4, -0.2) is 50.5 Å². The van der Waals surface area contributed by atoms with Crippen molar-refractivity contribution in [2.24, 2.45) is 0 Å². The molecule has 0 saturated carbocycles. The summed E-state index contributed by atoms with van der Waals surface area (Å²) in [5.41, 5.74) is 3.51. The second-order valence-corrected chi connectivity index (χ2v) is 9.89. The van der Waals surface area contributed by atoms with E-state index in [-0.39, 0.29) is 11.2 Å². The summed E-state index contributed by atoms with van der Waals surface area (Å²) in [5, 5.41) is 9.65. The van der Waals surface area contributed by atoms with Crippen LogP contribution in [0.25, 0.3) is 0 Å². The van der Waals surface area contributed by atoms with Crippen molar-refractivity contribution in [3.05, 3.63) is 71.5 Å². The number of carbonyl (C=O) groups excluding carboxylic acids is 1.